The number of imidazole rings is 1. The van der Waals surface area contributed by atoms with E-state index in [4.69, 9.17) is 0 Å². The minimum Gasteiger partial charge on any atom is -0.350 e. The van der Waals surface area contributed by atoms with Gasteiger partial charge in [-0.25, -0.2) is 18.4 Å². The third-order valence-electron chi connectivity index (χ3n) is 6.25. The van der Waals surface area contributed by atoms with Crippen molar-refractivity contribution in [2.75, 3.05) is 13.1 Å². The maximum Gasteiger partial charge on any atom is 0.243 e. The summed E-state index contributed by atoms with van der Waals surface area (Å²) in [6.07, 6.45) is 3.63. The van der Waals surface area contributed by atoms with Crippen LogP contribution in [0.4, 0.5) is 0 Å². The molecule has 0 unspecified atom stereocenters. The lowest BCUT2D eigenvalue weighted by Gasteiger charge is -2.25. The van der Waals surface area contributed by atoms with Crippen molar-refractivity contribution >= 4 is 48.5 Å². The summed E-state index contributed by atoms with van der Waals surface area (Å²) in [6, 6.07) is 13.0. The quantitative estimate of drug-likeness (QED) is 0.421. The lowest BCUT2D eigenvalue weighted by atomic mass is 10.2. The number of sulfonamides is 1. The van der Waals surface area contributed by atoms with E-state index in [2.05, 4.69) is 15.3 Å². The van der Waals surface area contributed by atoms with E-state index in [0.29, 0.717) is 38.0 Å². The van der Waals surface area contributed by atoms with E-state index in [0.717, 1.165) is 45.8 Å². The number of rotatable bonds is 7. The number of carbonyl (C=O) groups excluding carboxylic acids is 1. The summed E-state index contributed by atoms with van der Waals surface area (Å²) >= 11 is 1.58. The molecule has 10 heteroatoms. The number of para-hydroxylation sites is 1. The van der Waals surface area contributed by atoms with E-state index < -0.39 is 10.0 Å². The average molecular weight is 498 g/mol. The maximum absolute atomic E-state index is 13.0. The number of aromatic nitrogens is 3. The Morgan fingerprint density at radius 3 is 2.65 bits per heavy atom. The summed E-state index contributed by atoms with van der Waals surface area (Å²) in [5.41, 5.74) is 2.42. The molecule has 0 radical (unpaired) electrons. The van der Waals surface area contributed by atoms with Crippen molar-refractivity contribution in [3.8, 4) is 0 Å². The number of hydrogen-bond donors (Lipinski definition) is 1. The smallest absolute Gasteiger partial charge is 0.243 e. The van der Waals surface area contributed by atoms with Gasteiger partial charge in [-0.2, -0.15) is 4.31 Å². The molecule has 1 amide bonds. The minimum absolute atomic E-state index is 0.0697. The van der Waals surface area contributed by atoms with Crippen LogP contribution in [0.25, 0.3) is 21.3 Å². The second-order valence-corrected chi connectivity index (χ2v) is 11.6. The maximum atomic E-state index is 13.0. The summed E-state index contributed by atoms with van der Waals surface area (Å²) in [5.74, 6) is 0.678. The Labute approximate surface area is 202 Å². The van der Waals surface area contributed by atoms with Crippen LogP contribution in [0.5, 0.6) is 0 Å². The Kier molecular flexibility index (Phi) is 6.37. The first-order valence-electron chi connectivity index (χ1n) is 11.5. The third-order valence-corrected chi connectivity index (χ3v) is 9.18. The number of hydrogen-bond acceptors (Lipinski definition) is 6. The number of carbonyl (C=O) groups is 1. The highest BCUT2D eigenvalue weighted by Crippen LogP contribution is 2.25. The molecule has 0 atom stereocenters. The zero-order chi connectivity index (χ0) is 23.7. The van der Waals surface area contributed by atoms with Crippen LogP contribution >= 0.6 is 11.3 Å². The predicted octanol–water partition coefficient (Wildman–Crippen LogP) is 3.61. The van der Waals surface area contributed by atoms with Crippen LogP contribution in [0.3, 0.4) is 0 Å². The van der Waals surface area contributed by atoms with Crippen LogP contribution in [0, 0.1) is 0 Å². The van der Waals surface area contributed by atoms with E-state index in [1.807, 2.05) is 35.9 Å². The van der Waals surface area contributed by atoms with Crippen LogP contribution in [0.15, 0.2) is 47.4 Å². The van der Waals surface area contributed by atoms with Crippen molar-refractivity contribution in [1.29, 1.82) is 0 Å². The van der Waals surface area contributed by atoms with Crippen molar-refractivity contribution in [3.63, 3.8) is 0 Å². The summed E-state index contributed by atoms with van der Waals surface area (Å²) in [5, 5.41) is 3.81. The van der Waals surface area contributed by atoms with Crippen LogP contribution in [-0.2, 0) is 34.8 Å². The number of nitrogens with one attached hydrogen (secondary N) is 1. The Hall–Kier alpha value is -2.82. The summed E-state index contributed by atoms with van der Waals surface area (Å²) in [6.45, 7) is 1.54. The van der Waals surface area contributed by atoms with Gasteiger partial charge in [-0.1, -0.05) is 18.6 Å². The Bertz CT molecular complexity index is 1420. The molecule has 0 aliphatic carbocycles. The molecule has 0 bridgehead atoms. The average Bonchev–Trinajstić information content (AvgIpc) is 3.42. The summed E-state index contributed by atoms with van der Waals surface area (Å²) in [7, 11) is -1.62. The largest absolute Gasteiger partial charge is 0.350 e. The normalized spacial score (nSPS) is 15.2. The highest BCUT2D eigenvalue weighted by atomic mass is 32.2. The van der Waals surface area contributed by atoms with Gasteiger partial charge in [0.05, 0.1) is 32.7 Å². The molecule has 1 fully saturated rings. The molecule has 1 saturated heterocycles. The molecule has 8 nitrogen and oxygen atoms in total. The molecule has 2 aromatic heterocycles. The standard InChI is InChI=1S/C24H27N5O3S2/c1-28-20-10-9-17(34(31,32)29-13-5-2-6-14-29)15-19(20)26-22(28)11-12-23(30)25-16-24-27-18-7-3-4-8-21(18)33-24/h3-4,7-10,15H,2,5-6,11-14,16H2,1H3,(H,25,30). The van der Waals surface area contributed by atoms with Crippen LogP contribution < -0.4 is 5.32 Å². The molecule has 4 aromatic rings. The predicted molar refractivity (Wildman–Crippen MR) is 133 cm³/mol. The molecule has 1 N–H and O–H groups in total. The molecule has 5 rings (SSSR count). The van der Waals surface area contributed by atoms with Gasteiger partial charge in [0.25, 0.3) is 0 Å². The van der Waals surface area contributed by atoms with Crippen LogP contribution in [0.1, 0.15) is 36.5 Å². The summed E-state index contributed by atoms with van der Waals surface area (Å²) < 4.78 is 30.6. The van der Waals surface area contributed by atoms with Gasteiger partial charge in [0.2, 0.25) is 15.9 Å². The van der Waals surface area contributed by atoms with Gasteiger partial charge < -0.3 is 9.88 Å². The number of piperidine rings is 1. The topological polar surface area (TPSA) is 97.2 Å². The molecular weight excluding hydrogens is 470 g/mol. The monoisotopic (exact) mass is 497 g/mol. The summed E-state index contributed by atoms with van der Waals surface area (Å²) in [4.78, 5) is 21.9. The van der Waals surface area contributed by atoms with Crippen molar-refractivity contribution < 1.29 is 13.2 Å². The fraction of sp³-hybridized carbons (Fsp3) is 0.375. The van der Waals surface area contributed by atoms with Gasteiger partial charge in [0.15, 0.2) is 0 Å². The number of fused-ring (bicyclic) bond motifs is 2. The molecule has 1 aliphatic rings. The lowest BCUT2D eigenvalue weighted by Crippen LogP contribution is -2.35. The number of thiazole rings is 1. The van der Waals surface area contributed by atoms with Gasteiger partial charge in [0.1, 0.15) is 10.8 Å². The van der Waals surface area contributed by atoms with Crippen molar-refractivity contribution in [2.45, 2.75) is 43.5 Å². The highest BCUT2D eigenvalue weighted by Gasteiger charge is 2.26. The van der Waals surface area contributed by atoms with Gasteiger partial charge in [0, 0.05) is 33.0 Å². The van der Waals surface area contributed by atoms with Crippen molar-refractivity contribution in [2.24, 2.45) is 7.05 Å². The third kappa shape index (κ3) is 4.57. The number of amides is 1. The van der Waals surface area contributed by atoms with Gasteiger partial charge in [-0.15, -0.1) is 11.3 Å². The lowest BCUT2D eigenvalue weighted by molar-refractivity contribution is -0.121. The fourth-order valence-corrected chi connectivity index (χ4v) is 6.80. The van der Waals surface area contributed by atoms with Gasteiger partial charge >= 0.3 is 0 Å². The zero-order valence-electron chi connectivity index (χ0n) is 19.0. The second-order valence-electron chi connectivity index (χ2n) is 8.55. The number of benzene rings is 2. The SMILES string of the molecule is Cn1c(CCC(=O)NCc2nc3ccccc3s2)nc2cc(S(=O)(=O)N3CCCCC3)ccc21. The van der Waals surface area contributed by atoms with E-state index >= 15 is 0 Å². The molecule has 34 heavy (non-hydrogen) atoms. The molecule has 3 heterocycles. The molecule has 1 aliphatic heterocycles. The molecule has 0 saturated carbocycles. The fourth-order valence-electron chi connectivity index (χ4n) is 4.35. The van der Waals surface area contributed by atoms with E-state index in [-0.39, 0.29) is 10.8 Å². The zero-order valence-corrected chi connectivity index (χ0v) is 20.7. The first-order valence-corrected chi connectivity index (χ1v) is 13.7. The number of aryl methyl sites for hydroxylation is 2. The van der Waals surface area contributed by atoms with Crippen LogP contribution in [-0.4, -0.2) is 46.3 Å². The molecular formula is C24H27N5O3S2. The van der Waals surface area contributed by atoms with Crippen LogP contribution in [0.2, 0.25) is 0 Å². The molecule has 178 valence electrons. The van der Waals surface area contributed by atoms with Gasteiger partial charge in [-0.05, 0) is 43.2 Å². The second kappa shape index (κ2) is 9.44. The van der Waals surface area contributed by atoms with Crippen molar-refractivity contribution in [1.82, 2.24) is 24.2 Å². The first kappa shape index (κ1) is 22.9. The van der Waals surface area contributed by atoms with Gasteiger partial charge in [-0.3, -0.25) is 4.79 Å². The Balaban J connectivity index is 1.24. The van der Waals surface area contributed by atoms with E-state index in [1.165, 1.54) is 0 Å². The molecule has 0 spiro atoms. The Morgan fingerprint density at radius 1 is 1.06 bits per heavy atom. The van der Waals surface area contributed by atoms with E-state index in [9.17, 15) is 13.2 Å². The minimum atomic E-state index is -3.51. The first-order chi connectivity index (χ1) is 16.4. The van der Waals surface area contributed by atoms with Crippen molar-refractivity contribution in [3.05, 3.63) is 53.3 Å². The number of nitrogens with zero attached hydrogens (tertiary/aromatic N) is 4. The highest BCUT2D eigenvalue weighted by molar-refractivity contribution is 7.89. The Morgan fingerprint density at radius 2 is 1.85 bits per heavy atom. The molecule has 2 aromatic carbocycles. The van der Waals surface area contributed by atoms with E-state index in [1.54, 1.807) is 33.8 Å².